The molecule has 0 unspecified atom stereocenters. The van der Waals surface area contributed by atoms with E-state index in [1.165, 1.54) is 53.6 Å². The van der Waals surface area contributed by atoms with E-state index in [2.05, 4.69) is 57.1 Å². The minimum atomic E-state index is -4.50. The maximum atomic E-state index is 13.2. The summed E-state index contributed by atoms with van der Waals surface area (Å²) in [7, 11) is -2.62. The molecule has 0 saturated carbocycles. The van der Waals surface area contributed by atoms with Crippen LogP contribution in [0.15, 0.2) is 329 Å². The van der Waals surface area contributed by atoms with E-state index in [1.54, 1.807) is 107 Å². The zero-order valence-electron chi connectivity index (χ0n) is 69.2. The van der Waals surface area contributed by atoms with Gasteiger partial charge in [0.05, 0.1) is 11.3 Å². The van der Waals surface area contributed by atoms with Crippen molar-refractivity contribution in [1.29, 1.82) is 0 Å². The summed E-state index contributed by atoms with van der Waals surface area (Å²) < 4.78 is 95.2. The molecule has 5 heterocycles. The van der Waals surface area contributed by atoms with E-state index in [-0.39, 0.29) is 51.4 Å². The van der Waals surface area contributed by atoms with E-state index in [0.29, 0.717) is 57.0 Å². The van der Waals surface area contributed by atoms with Crippen LogP contribution in [0.25, 0.3) is 113 Å². The van der Waals surface area contributed by atoms with Crippen LogP contribution in [0.1, 0.15) is 120 Å². The number of ketones is 2. The van der Waals surface area contributed by atoms with Crippen LogP contribution in [0.3, 0.4) is 0 Å². The van der Waals surface area contributed by atoms with Gasteiger partial charge < -0.3 is 39.0 Å². The second-order valence-electron chi connectivity index (χ2n) is 28.9. The first-order chi connectivity index (χ1) is 60.6. The number of hydrogen-bond donors (Lipinski definition) is 4. The SMILES string of the molecule is CC(=O)c1ccc(-c2cc(-c3ccc(Br)cc3)on2)cc1.CC(=O)c1ccc(-c2cc(-c3ccc(C)cc3)on2)cc1.CCCCCC(=O)NS(=O)(=O)c1ccccc1NC(=O)c1ccc(-c2noc(-c3cccc(C(F)(F)F)c3)c2C)cc1.CNC(=O)c1ccc(-c2cc(-c3ccc(C)cc3)on2)cc1.NC(=O)c1ccc(-c2cc(-c3ccccc3)on2)cc1. The quantitative estimate of drug-likeness (QED) is 0.0362. The van der Waals surface area contributed by atoms with E-state index in [9.17, 15) is 50.4 Å². The number of sulfonamides is 1. The number of aryl methyl sites for hydroxylation is 2. The highest BCUT2D eigenvalue weighted by Crippen LogP contribution is 2.38. The van der Waals surface area contributed by atoms with E-state index < -0.39 is 39.5 Å². The Morgan fingerprint density at radius 1 is 0.413 bits per heavy atom. The Balaban J connectivity index is 0.000000149. The monoisotopic (exact) mass is 1770 g/mol. The number of alkyl halides is 3. The second kappa shape index (κ2) is 41.7. The summed E-state index contributed by atoms with van der Waals surface area (Å²) >= 11 is 3.40. The predicted octanol–water partition coefficient (Wildman–Crippen LogP) is 23.3. The van der Waals surface area contributed by atoms with Gasteiger partial charge in [-0.2, -0.15) is 13.2 Å². The molecule has 636 valence electrons. The molecule has 27 heteroatoms. The Morgan fingerprint density at radius 2 is 0.794 bits per heavy atom. The number of carbonyl (C=O) groups is 6. The molecule has 0 bridgehead atoms. The Kier molecular flexibility index (Phi) is 29.8. The van der Waals surface area contributed by atoms with Crippen molar-refractivity contribution in [2.24, 2.45) is 5.73 Å². The van der Waals surface area contributed by atoms with Crippen molar-refractivity contribution < 1.29 is 73.0 Å². The fraction of sp³-hybridized carbons (Fsp3) is 0.121. The summed E-state index contributed by atoms with van der Waals surface area (Å²) in [5.41, 5.74) is 21.7. The van der Waals surface area contributed by atoms with Crippen LogP contribution in [-0.4, -0.2) is 76.4 Å². The fourth-order valence-corrected chi connectivity index (χ4v) is 14.1. The zero-order valence-corrected chi connectivity index (χ0v) is 71.6. The highest BCUT2D eigenvalue weighted by molar-refractivity contribution is 9.10. The molecule has 4 amide bonds. The van der Waals surface area contributed by atoms with Crippen molar-refractivity contribution in [2.75, 3.05) is 12.4 Å². The highest BCUT2D eigenvalue weighted by Gasteiger charge is 2.32. The van der Waals surface area contributed by atoms with Gasteiger partial charge in [0.25, 0.3) is 21.8 Å². The minimum Gasteiger partial charge on any atom is -0.366 e. The van der Waals surface area contributed by atoms with Gasteiger partial charge in [-0.25, -0.2) is 13.1 Å². The fourth-order valence-electron chi connectivity index (χ4n) is 12.6. The predicted molar refractivity (Wildman–Crippen MR) is 480 cm³/mol. The average molecular weight is 1780 g/mol. The molecule has 0 aliphatic heterocycles. The standard InChI is InChI=1S/C30H28F3N3O5S.C18H16N2O2.C18H15NO2.C17H12BrNO2.C16H12N2O2/c1-3-4-5-13-26(37)36-42(39,40)25-12-7-6-11-24(25)34-29(38)21-16-14-20(15-17-21)27-19(2)28(41-35-27)22-9-8-10-23(18-22)30(31,32)33;1-12-3-5-14(6-4-12)17-11-16(20-22-17)13-7-9-15(10-8-13)18(21)19-2;1-12-3-5-16(6-4-12)18-11-17(19-21-18)15-9-7-14(8-10-15)13(2)20;1-11(20)12-2-4-13(5-3-12)16-10-17(21-19-16)14-6-8-15(18)9-7-14;17-16(19)13-8-6-11(7-9-13)14-10-15(20-18-14)12-4-2-1-3-5-12/h6-12,14-18H,3-5,13H2,1-2H3,(H,34,38)(H,36,37);3-11H,1-2H3,(H,19,21);3-11H,1-2H3;2-10H,1H3;1-10H,(H2,17,19). The Morgan fingerprint density at radius 3 is 1.21 bits per heavy atom. The lowest BCUT2D eigenvalue weighted by molar-refractivity contribution is -0.137. The summed E-state index contributed by atoms with van der Waals surface area (Å²) in [5.74, 6) is 1.42. The summed E-state index contributed by atoms with van der Waals surface area (Å²) in [6.07, 6.45) is -2.19. The van der Waals surface area contributed by atoms with Crippen LogP contribution >= 0.6 is 15.9 Å². The van der Waals surface area contributed by atoms with Gasteiger partial charge in [0.2, 0.25) is 11.8 Å². The molecule has 0 atom stereocenters. The molecule has 5 N–H and O–H groups in total. The Labute approximate surface area is 732 Å². The number of hydrogen-bond acceptors (Lipinski definition) is 18. The Bertz CT molecular complexity index is 6440. The van der Waals surface area contributed by atoms with Crippen molar-refractivity contribution in [3.8, 4) is 113 Å². The molecule has 0 saturated heterocycles. The molecular weight excluding hydrogens is 1690 g/mol. The summed E-state index contributed by atoms with van der Waals surface area (Å²) in [5, 5.41) is 25.5. The number of unbranched alkanes of at least 4 members (excludes halogenated alkanes) is 2. The van der Waals surface area contributed by atoms with E-state index >= 15 is 0 Å². The van der Waals surface area contributed by atoms with Gasteiger partial charge in [-0.1, -0.05) is 273 Å². The molecule has 0 radical (unpaired) electrons. The number of nitrogens with two attached hydrogens (primary N) is 1. The molecule has 16 aromatic rings. The van der Waals surface area contributed by atoms with Gasteiger partial charge in [0, 0.05) is 131 Å². The maximum absolute atomic E-state index is 13.2. The van der Waals surface area contributed by atoms with Crippen LogP contribution in [-0.2, 0) is 21.0 Å². The van der Waals surface area contributed by atoms with Crippen LogP contribution in [0.4, 0.5) is 18.9 Å². The number of nitrogens with zero attached hydrogens (tertiary/aromatic N) is 5. The normalized spacial score (nSPS) is 10.9. The summed E-state index contributed by atoms with van der Waals surface area (Å²) in [6.45, 7) is 10.8. The lowest BCUT2D eigenvalue weighted by Crippen LogP contribution is -2.31. The average Bonchev–Trinajstić information content (AvgIpc) is 1.74. The summed E-state index contributed by atoms with van der Waals surface area (Å²) in [6, 6.07) is 87.0. The van der Waals surface area contributed by atoms with Gasteiger partial charge >= 0.3 is 6.18 Å². The minimum absolute atomic E-state index is 0.00138. The van der Waals surface area contributed by atoms with Crippen molar-refractivity contribution in [3.63, 3.8) is 0 Å². The largest absolute Gasteiger partial charge is 0.416 e. The second-order valence-corrected chi connectivity index (χ2v) is 31.4. The first-order valence-corrected chi connectivity index (χ1v) is 41.8. The number of carbonyl (C=O) groups excluding carboxylic acids is 6. The molecule has 5 aromatic heterocycles. The van der Waals surface area contributed by atoms with Crippen LogP contribution < -0.4 is 21.1 Å². The Hall–Kier alpha value is -15.1. The van der Waals surface area contributed by atoms with E-state index in [1.807, 2.05) is 185 Å². The highest BCUT2D eigenvalue weighted by atomic mass is 79.9. The number of anilines is 1. The first-order valence-electron chi connectivity index (χ1n) is 39.6. The number of para-hydroxylation sites is 1. The molecular formula is C99H83BrF3N9O13S. The van der Waals surface area contributed by atoms with Crippen molar-refractivity contribution >= 4 is 66.8 Å². The number of Topliss-reactive ketones (excluding diaryl/α,β-unsaturated/α-hetero) is 2. The third-order valence-electron chi connectivity index (χ3n) is 19.7. The van der Waals surface area contributed by atoms with Crippen molar-refractivity contribution in [3.05, 3.63) is 352 Å². The molecule has 16 rings (SSSR count). The lowest BCUT2D eigenvalue weighted by atomic mass is 10.0. The summed E-state index contributed by atoms with van der Waals surface area (Å²) in [4.78, 5) is 70.0. The number of halogens is 4. The number of primary amides is 1. The van der Waals surface area contributed by atoms with Gasteiger partial charge in [-0.15, -0.1) is 0 Å². The number of amides is 4. The third-order valence-corrected chi connectivity index (χ3v) is 21.6. The van der Waals surface area contributed by atoms with Gasteiger partial charge in [0.1, 0.15) is 33.4 Å². The van der Waals surface area contributed by atoms with Gasteiger partial charge in [-0.05, 0) is 114 Å². The zero-order chi connectivity index (χ0) is 89.6. The third kappa shape index (κ3) is 23.8. The number of nitrogens with one attached hydrogen (secondary N) is 3. The maximum Gasteiger partial charge on any atom is 0.416 e. The van der Waals surface area contributed by atoms with E-state index in [4.69, 9.17) is 28.3 Å². The molecule has 0 aliphatic carbocycles. The van der Waals surface area contributed by atoms with Crippen molar-refractivity contribution in [1.82, 2.24) is 35.8 Å². The number of aromatic nitrogens is 5. The smallest absolute Gasteiger partial charge is 0.366 e. The molecule has 0 spiro atoms. The van der Waals surface area contributed by atoms with Gasteiger partial charge in [0.15, 0.2) is 40.4 Å². The topological polar surface area (TPSA) is 329 Å². The number of benzene rings is 11. The molecule has 11 aromatic carbocycles. The lowest BCUT2D eigenvalue weighted by Gasteiger charge is -2.13. The van der Waals surface area contributed by atoms with Crippen molar-refractivity contribution in [2.45, 2.75) is 78.3 Å². The van der Waals surface area contributed by atoms with Crippen LogP contribution in [0.5, 0.6) is 0 Å². The van der Waals surface area contributed by atoms with Crippen LogP contribution in [0, 0.1) is 20.8 Å². The molecule has 0 fully saturated rings. The first kappa shape index (κ1) is 90.2. The molecule has 0 aliphatic rings. The van der Waals surface area contributed by atoms with E-state index in [0.717, 1.165) is 108 Å². The van der Waals surface area contributed by atoms with Crippen LogP contribution in [0.2, 0.25) is 0 Å². The molecule has 126 heavy (non-hydrogen) atoms. The van der Waals surface area contributed by atoms with Gasteiger partial charge in [-0.3, -0.25) is 28.8 Å². The molecule has 22 nitrogen and oxygen atoms in total. The number of rotatable bonds is 22.